The molecule has 3 aromatic rings. The molecule has 5 nitrogen and oxygen atoms in total. The van der Waals surface area contributed by atoms with Gasteiger partial charge in [-0.2, -0.15) is 5.10 Å². The predicted octanol–water partition coefficient (Wildman–Crippen LogP) is 2.69. The average molecular weight is 296 g/mol. The molecular weight excluding hydrogens is 284 g/mol. The van der Waals surface area contributed by atoms with Crippen LogP contribution in [0.15, 0.2) is 41.9 Å². The molecule has 0 saturated carbocycles. The number of H-pyrrole nitrogens is 1. The van der Waals surface area contributed by atoms with Crippen molar-refractivity contribution in [2.45, 2.75) is 13.1 Å². The van der Waals surface area contributed by atoms with E-state index >= 15 is 0 Å². The fourth-order valence-corrected chi connectivity index (χ4v) is 3.19. The Morgan fingerprint density at radius 3 is 3.05 bits per heavy atom. The van der Waals surface area contributed by atoms with E-state index < -0.39 is 0 Å². The Hall–Kier alpha value is -2.47. The number of hydrogen-bond acceptors (Lipinski definition) is 4. The Kier molecular flexibility index (Phi) is 2.82. The number of carbonyl (C=O) groups is 1. The number of hydrogen-bond donors (Lipinski definition) is 1. The topological polar surface area (TPSA) is 61.9 Å². The molecule has 6 heteroatoms. The first-order valence-electron chi connectivity index (χ1n) is 6.62. The van der Waals surface area contributed by atoms with Gasteiger partial charge in [-0.25, -0.2) is 0 Å². The van der Waals surface area contributed by atoms with Crippen molar-refractivity contribution in [3.05, 3.63) is 58.9 Å². The number of aromatic amines is 1. The Balaban J connectivity index is 1.57. The van der Waals surface area contributed by atoms with Gasteiger partial charge in [0.2, 0.25) is 0 Å². The zero-order valence-corrected chi connectivity index (χ0v) is 11.9. The standard InChI is InChI=1S/C15H12N4OS/c20-15(19-8-10-3-1-5-16-13(10)9-19)12-7-11(17-18-12)14-4-2-6-21-14/h1-7H,8-9H2,(H,17,18). The third-order valence-corrected chi connectivity index (χ3v) is 4.46. The number of thiophene rings is 1. The Morgan fingerprint density at radius 1 is 1.29 bits per heavy atom. The summed E-state index contributed by atoms with van der Waals surface area (Å²) in [4.78, 5) is 19.7. The molecule has 4 rings (SSSR count). The fraction of sp³-hybridized carbons (Fsp3) is 0.133. The average Bonchev–Trinajstić information content (AvgIpc) is 3.24. The zero-order valence-electron chi connectivity index (χ0n) is 11.1. The third-order valence-electron chi connectivity index (χ3n) is 3.56. The van der Waals surface area contributed by atoms with Crippen molar-refractivity contribution in [1.82, 2.24) is 20.1 Å². The van der Waals surface area contributed by atoms with Crippen LogP contribution < -0.4 is 0 Å². The first-order chi connectivity index (χ1) is 10.3. The van der Waals surface area contributed by atoms with E-state index in [-0.39, 0.29) is 5.91 Å². The number of carbonyl (C=O) groups excluding carboxylic acids is 1. The summed E-state index contributed by atoms with van der Waals surface area (Å²) in [5, 5.41) is 9.08. The van der Waals surface area contributed by atoms with Crippen LogP contribution in [-0.4, -0.2) is 26.0 Å². The second kappa shape index (κ2) is 4.82. The molecule has 0 unspecified atom stereocenters. The molecule has 0 bridgehead atoms. The van der Waals surface area contributed by atoms with Gasteiger partial charge in [0.25, 0.3) is 5.91 Å². The number of aromatic nitrogens is 3. The van der Waals surface area contributed by atoms with Gasteiger partial charge in [-0.3, -0.25) is 14.9 Å². The van der Waals surface area contributed by atoms with Crippen LogP contribution in [0.5, 0.6) is 0 Å². The fourth-order valence-electron chi connectivity index (χ4n) is 2.49. The summed E-state index contributed by atoms with van der Waals surface area (Å²) in [6.45, 7) is 1.15. The molecule has 1 amide bonds. The lowest BCUT2D eigenvalue weighted by molar-refractivity contribution is 0.0744. The monoisotopic (exact) mass is 296 g/mol. The minimum absolute atomic E-state index is 0.0629. The summed E-state index contributed by atoms with van der Waals surface area (Å²) in [5.41, 5.74) is 3.41. The molecule has 1 aliphatic rings. The quantitative estimate of drug-likeness (QED) is 0.791. The molecule has 0 saturated heterocycles. The maximum atomic E-state index is 12.5. The highest BCUT2D eigenvalue weighted by atomic mass is 32.1. The van der Waals surface area contributed by atoms with E-state index in [4.69, 9.17) is 0 Å². The van der Waals surface area contributed by atoms with Crippen molar-refractivity contribution in [2.24, 2.45) is 0 Å². The van der Waals surface area contributed by atoms with Gasteiger partial charge in [0.1, 0.15) is 0 Å². The van der Waals surface area contributed by atoms with Gasteiger partial charge < -0.3 is 4.90 Å². The first-order valence-corrected chi connectivity index (χ1v) is 7.50. The lowest BCUT2D eigenvalue weighted by Crippen LogP contribution is -2.25. The molecule has 4 heterocycles. The summed E-state index contributed by atoms with van der Waals surface area (Å²) in [6.07, 6.45) is 1.76. The molecule has 1 N–H and O–H groups in total. The molecule has 1 aliphatic heterocycles. The van der Waals surface area contributed by atoms with Gasteiger partial charge in [0, 0.05) is 12.7 Å². The van der Waals surface area contributed by atoms with E-state index in [0.717, 1.165) is 21.8 Å². The van der Waals surface area contributed by atoms with Gasteiger partial charge in [-0.1, -0.05) is 12.1 Å². The molecule has 0 aromatic carbocycles. The van der Waals surface area contributed by atoms with Crippen LogP contribution >= 0.6 is 11.3 Å². The number of pyridine rings is 1. The maximum absolute atomic E-state index is 12.5. The third kappa shape index (κ3) is 2.13. The van der Waals surface area contributed by atoms with Crippen molar-refractivity contribution in [2.75, 3.05) is 0 Å². The number of nitrogens with one attached hydrogen (secondary N) is 1. The molecule has 0 spiro atoms. The van der Waals surface area contributed by atoms with E-state index in [1.165, 1.54) is 0 Å². The molecule has 0 atom stereocenters. The van der Waals surface area contributed by atoms with E-state index in [2.05, 4.69) is 15.2 Å². The Labute approximate surface area is 125 Å². The highest BCUT2D eigenvalue weighted by Gasteiger charge is 2.26. The molecule has 0 aliphatic carbocycles. The van der Waals surface area contributed by atoms with Crippen LogP contribution in [0, 0.1) is 0 Å². The summed E-state index contributed by atoms with van der Waals surface area (Å²) in [7, 11) is 0. The number of rotatable bonds is 2. The molecule has 21 heavy (non-hydrogen) atoms. The van der Waals surface area contributed by atoms with Gasteiger partial charge >= 0.3 is 0 Å². The normalized spacial score (nSPS) is 13.4. The highest BCUT2D eigenvalue weighted by Crippen LogP contribution is 2.25. The highest BCUT2D eigenvalue weighted by molar-refractivity contribution is 7.13. The second-order valence-electron chi connectivity index (χ2n) is 4.91. The van der Waals surface area contributed by atoms with Crippen LogP contribution in [0.3, 0.4) is 0 Å². The lowest BCUT2D eigenvalue weighted by atomic mass is 10.2. The molecular formula is C15H12N4OS. The van der Waals surface area contributed by atoms with Crippen molar-refractivity contribution < 1.29 is 4.79 Å². The largest absolute Gasteiger partial charge is 0.327 e. The van der Waals surface area contributed by atoms with E-state index in [0.29, 0.717) is 18.8 Å². The minimum Gasteiger partial charge on any atom is -0.327 e. The van der Waals surface area contributed by atoms with Gasteiger partial charge in [0.05, 0.1) is 22.8 Å². The van der Waals surface area contributed by atoms with Crippen molar-refractivity contribution >= 4 is 17.2 Å². The molecule has 3 aromatic heterocycles. The molecule has 0 fully saturated rings. The Morgan fingerprint density at radius 2 is 2.24 bits per heavy atom. The predicted molar refractivity (Wildman–Crippen MR) is 79.7 cm³/mol. The summed E-state index contributed by atoms with van der Waals surface area (Å²) in [5.74, 6) is -0.0629. The second-order valence-corrected chi connectivity index (χ2v) is 5.86. The SMILES string of the molecule is O=C(c1cc(-c2cccs2)[nH]n1)N1Cc2cccnc2C1. The Bertz CT molecular complexity index is 769. The number of nitrogens with zero attached hydrogens (tertiary/aromatic N) is 3. The minimum atomic E-state index is -0.0629. The lowest BCUT2D eigenvalue weighted by Gasteiger charge is -2.12. The van der Waals surface area contributed by atoms with E-state index in [9.17, 15) is 4.79 Å². The van der Waals surface area contributed by atoms with Crippen molar-refractivity contribution in [3.63, 3.8) is 0 Å². The van der Waals surface area contributed by atoms with Crippen LogP contribution in [0.4, 0.5) is 0 Å². The maximum Gasteiger partial charge on any atom is 0.275 e. The van der Waals surface area contributed by atoms with Gasteiger partial charge in [-0.15, -0.1) is 11.3 Å². The van der Waals surface area contributed by atoms with Crippen LogP contribution in [0.1, 0.15) is 21.7 Å². The van der Waals surface area contributed by atoms with Crippen molar-refractivity contribution in [1.29, 1.82) is 0 Å². The van der Waals surface area contributed by atoms with E-state index in [1.807, 2.05) is 35.7 Å². The van der Waals surface area contributed by atoms with E-state index in [1.54, 1.807) is 22.4 Å². The molecule has 104 valence electrons. The van der Waals surface area contributed by atoms with Gasteiger partial charge in [-0.05, 0) is 29.1 Å². The number of amides is 1. The summed E-state index contributed by atoms with van der Waals surface area (Å²) >= 11 is 1.62. The van der Waals surface area contributed by atoms with Crippen molar-refractivity contribution in [3.8, 4) is 10.6 Å². The summed E-state index contributed by atoms with van der Waals surface area (Å²) < 4.78 is 0. The van der Waals surface area contributed by atoms with Crippen LogP contribution in [-0.2, 0) is 13.1 Å². The molecule has 0 radical (unpaired) electrons. The smallest absolute Gasteiger partial charge is 0.275 e. The van der Waals surface area contributed by atoms with Crippen LogP contribution in [0.2, 0.25) is 0 Å². The van der Waals surface area contributed by atoms with Crippen LogP contribution in [0.25, 0.3) is 10.6 Å². The first kappa shape index (κ1) is 12.3. The number of fused-ring (bicyclic) bond motifs is 1. The summed E-state index contributed by atoms with van der Waals surface area (Å²) in [6, 6.07) is 9.70. The van der Waals surface area contributed by atoms with Gasteiger partial charge in [0.15, 0.2) is 5.69 Å². The zero-order chi connectivity index (χ0) is 14.2.